The van der Waals surface area contributed by atoms with Crippen molar-refractivity contribution >= 4 is 22.3 Å². The Morgan fingerprint density at radius 2 is 1.95 bits per heavy atom. The molecule has 4 aromatic rings. The fourth-order valence-electron chi connectivity index (χ4n) is 2.46. The van der Waals surface area contributed by atoms with Crippen molar-refractivity contribution in [2.24, 2.45) is 5.73 Å². The van der Waals surface area contributed by atoms with E-state index >= 15 is 0 Å². The van der Waals surface area contributed by atoms with Crippen molar-refractivity contribution in [2.45, 2.75) is 6.54 Å². The zero-order chi connectivity index (χ0) is 14.9. The summed E-state index contributed by atoms with van der Waals surface area (Å²) >= 11 is 1.61. The van der Waals surface area contributed by atoms with Crippen LogP contribution in [0.2, 0.25) is 0 Å². The average molecular weight is 306 g/mol. The lowest BCUT2D eigenvalue weighted by molar-refractivity contribution is 0.629. The topological polar surface area (TPSA) is 52.0 Å². The molecule has 108 valence electrons. The molecule has 0 radical (unpaired) electrons. The molecule has 0 atom stereocenters. The summed E-state index contributed by atoms with van der Waals surface area (Å²) in [7, 11) is 0. The minimum absolute atomic E-state index is 0.537. The van der Waals surface area contributed by atoms with Crippen molar-refractivity contribution in [1.29, 1.82) is 0 Å². The van der Waals surface area contributed by atoms with Gasteiger partial charge < -0.3 is 10.2 Å². The second-order valence-corrected chi connectivity index (χ2v) is 5.95. The molecule has 2 N–H and O–H groups in total. The third kappa shape index (κ3) is 2.32. The number of nitrogens with zero attached hydrogens (tertiary/aromatic N) is 1. The van der Waals surface area contributed by atoms with Gasteiger partial charge in [-0.25, -0.2) is 4.98 Å². The van der Waals surface area contributed by atoms with E-state index < -0.39 is 0 Å². The van der Waals surface area contributed by atoms with Crippen molar-refractivity contribution in [2.75, 3.05) is 0 Å². The standard InChI is InChI=1S/C18H14N2OS/c19-10-12-4-3-6-14(8-12)18-20-15(11-22-18)17-9-13-5-1-2-7-16(13)21-17/h1-9,11H,10,19H2. The van der Waals surface area contributed by atoms with Gasteiger partial charge >= 0.3 is 0 Å². The lowest BCUT2D eigenvalue weighted by atomic mass is 10.1. The first-order valence-corrected chi connectivity index (χ1v) is 7.95. The number of hydrogen-bond acceptors (Lipinski definition) is 4. The lowest BCUT2D eigenvalue weighted by Crippen LogP contribution is -1.95. The van der Waals surface area contributed by atoms with Gasteiger partial charge in [0.1, 0.15) is 16.3 Å². The number of furan rings is 1. The van der Waals surface area contributed by atoms with Gasteiger partial charge in [-0.2, -0.15) is 0 Å². The Balaban J connectivity index is 1.74. The predicted molar refractivity (Wildman–Crippen MR) is 90.6 cm³/mol. The highest BCUT2D eigenvalue weighted by Gasteiger charge is 2.11. The summed E-state index contributed by atoms with van der Waals surface area (Å²) in [6, 6.07) is 18.2. The third-order valence-electron chi connectivity index (χ3n) is 3.59. The molecule has 4 rings (SSSR count). The van der Waals surface area contributed by atoms with E-state index in [1.165, 1.54) is 0 Å². The van der Waals surface area contributed by atoms with Crippen LogP contribution in [0.1, 0.15) is 5.56 Å². The monoisotopic (exact) mass is 306 g/mol. The second-order valence-electron chi connectivity index (χ2n) is 5.09. The van der Waals surface area contributed by atoms with Crippen LogP contribution in [0.25, 0.3) is 33.0 Å². The lowest BCUT2D eigenvalue weighted by Gasteiger charge is -1.99. The zero-order valence-electron chi connectivity index (χ0n) is 11.8. The first-order chi connectivity index (χ1) is 10.8. The maximum Gasteiger partial charge on any atom is 0.154 e. The van der Waals surface area contributed by atoms with Gasteiger partial charge in [-0.05, 0) is 23.8 Å². The van der Waals surface area contributed by atoms with E-state index in [0.717, 1.165) is 38.6 Å². The molecule has 0 bridgehead atoms. The van der Waals surface area contributed by atoms with Crippen LogP contribution in [0.3, 0.4) is 0 Å². The molecule has 0 fully saturated rings. The van der Waals surface area contributed by atoms with E-state index in [1.54, 1.807) is 11.3 Å². The molecule has 0 aliphatic carbocycles. The summed E-state index contributed by atoms with van der Waals surface area (Å²) in [5, 5.41) is 4.10. The number of thiazole rings is 1. The molecule has 0 aliphatic heterocycles. The summed E-state index contributed by atoms with van der Waals surface area (Å²) in [6.45, 7) is 0.537. The number of para-hydroxylation sites is 1. The summed E-state index contributed by atoms with van der Waals surface area (Å²) in [5.74, 6) is 0.804. The van der Waals surface area contributed by atoms with E-state index in [9.17, 15) is 0 Å². The first-order valence-electron chi connectivity index (χ1n) is 7.07. The molecular formula is C18H14N2OS. The number of aromatic nitrogens is 1. The van der Waals surface area contributed by atoms with Crippen LogP contribution in [-0.4, -0.2) is 4.98 Å². The van der Waals surface area contributed by atoms with Crippen LogP contribution >= 0.6 is 11.3 Å². The third-order valence-corrected chi connectivity index (χ3v) is 4.48. The Kier molecular flexibility index (Phi) is 3.25. The van der Waals surface area contributed by atoms with Crippen molar-refractivity contribution < 1.29 is 4.42 Å². The largest absolute Gasteiger partial charge is 0.454 e. The Morgan fingerprint density at radius 1 is 1.05 bits per heavy atom. The highest BCUT2D eigenvalue weighted by molar-refractivity contribution is 7.13. The van der Waals surface area contributed by atoms with Crippen LogP contribution in [-0.2, 0) is 6.54 Å². The minimum Gasteiger partial charge on any atom is -0.454 e. The highest BCUT2D eigenvalue weighted by Crippen LogP contribution is 2.32. The molecule has 0 saturated carbocycles. The Hall–Kier alpha value is -2.43. The second kappa shape index (κ2) is 5.40. The molecule has 0 unspecified atom stereocenters. The van der Waals surface area contributed by atoms with Gasteiger partial charge in [0.15, 0.2) is 5.76 Å². The molecule has 2 aromatic carbocycles. The van der Waals surface area contributed by atoms with Gasteiger partial charge in [-0.1, -0.05) is 36.4 Å². The number of benzene rings is 2. The van der Waals surface area contributed by atoms with Crippen LogP contribution in [0, 0.1) is 0 Å². The van der Waals surface area contributed by atoms with Crippen LogP contribution in [0.4, 0.5) is 0 Å². The number of fused-ring (bicyclic) bond motifs is 1. The maximum absolute atomic E-state index is 5.87. The quantitative estimate of drug-likeness (QED) is 0.598. The average Bonchev–Trinajstić information content (AvgIpc) is 3.21. The molecule has 0 amide bonds. The van der Waals surface area contributed by atoms with Crippen LogP contribution in [0.15, 0.2) is 64.4 Å². The summed E-state index contributed by atoms with van der Waals surface area (Å²) in [6.07, 6.45) is 0. The first kappa shape index (κ1) is 13.2. The summed E-state index contributed by atoms with van der Waals surface area (Å²) < 4.78 is 5.87. The highest BCUT2D eigenvalue weighted by atomic mass is 32.1. The molecule has 22 heavy (non-hydrogen) atoms. The van der Waals surface area contributed by atoms with E-state index in [0.29, 0.717) is 6.54 Å². The Labute approximate surface area is 132 Å². The van der Waals surface area contributed by atoms with E-state index in [4.69, 9.17) is 15.1 Å². The predicted octanol–water partition coefficient (Wildman–Crippen LogP) is 4.68. The van der Waals surface area contributed by atoms with Crippen LogP contribution < -0.4 is 5.73 Å². The fourth-order valence-corrected chi connectivity index (χ4v) is 3.27. The molecule has 4 heteroatoms. The molecular weight excluding hydrogens is 292 g/mol. The molecule has 3 nitrogen and oxygen atoms in total. The Morgan fingerprint density at radius 3 is 2.82 bits per heavy atom. The molecule has 2 heterocycles. The summed E-state index contributed by atoms with van der Waals surface area (Å²) in [4.78, 5) is 4.71. The van der Waals surface area contributed by atoms with Gasteiger partial charge in [-0.3, -0.25) is 0 Å². The number of rotatable bonds is 3. The molecule has 0 spiro atoms. The van der Waals surface area contributed by atoms with Crippen molar-refractivity contribution in [3.63, 3.8) is 0 Å². The maximum atomic E-state index is 5.87. The normalized spacial score (nSPS) is 11.1. The molecule has 0 saturated heterocycles. The van der Waals surface area contributed by atoms with Gasteiger partial charge in [0.05, 0.1) is 0 Å². The minimum atomic E-state index is 0.537. The van der Waals surface area contributed by atoms with E-state index in [1.807, 2.05) is 47.8 Å². The summed E-state index contributed by atoms with van der Waals surface area (Å²) in [5.41, 5.74) is 9.66. The molecule has 2 aromatic heterocycles. The SMILES string of the molecule is NCc1cccc(-c2nc(-c3cc4ccccc4o3)cs2)c1. The number of nitrogens with two attached hydrogens (primary N) is 1. The van der Waals surface area contributed by atoms with E-state index in [2.05, 4.69) is 12.1 Å². The van der Waals surface area contributed by atoms with Gasteiger partial charge in [0, 0.05) is 22.9 Å². The van der Waals surface area contributed by atoms with E-state index in [-0.39, 0.29) is 0 Å². The van der Waals surface area contributed by atoms with Crippen molar-refractivity contribution in [3.8, 4) is 22.0 Å². The van der Waals surface area contributed by atoms with Gasteiger partial charge in [-0.15, -0.1) is 11.3 Å². The van der Waals surface area contributed by atoms with Gasteiger partial charge in [0.25, 0.3) is 0 Å². The van der Waals surface area contributed by atoms with Gasteiger partial charge in [0.2, 0.25) is 0 Å². The van der Waals surface area contributed by atoms with Crippen molar-refractivity contribution in [1.82, 2.24) is 4.98 Å². The number of hydrogen-bond donors (Lipinski definition) is 1. The van der Waals surface area contributed by atoms with Crippen molar-refractivity contribution in [3.05, 3.63) is 65.5 Å². The molecule has 0 aliphatic rings. The zero-order valence-corrected chi connectivity index (χ0v) is 12.6. The Bertz CT molecular complexity index is 906. The smallest absolute Gasteiger partial charge is 0.154 e. The van der Waals surface area contributed by atoms with Crippen LogP contribution in [0.5, 0.6) is 0 Å². The fraction of sp³-hybridized carbons (Fsp3) is 0.0556.